The highest BCUT2D eigenvalue weighted by atomic mass is 35.9. The lowest BCUT2D eigenvalue weighted by atomic mass is 10.3. The zero-order chi connectivity index (χ0) is 40.4. The fourth-order valence-corrected chi connectivity index (χ4v) is 6.04. The van der Waals surface area contributed by atoms with Gasteiger partial charge in [0, 0.05) is 48.2 Å². The molecule has 2 amide bonds. The first-order chi connectivity index (χ1) is 24.6. The van der Waals surface area contributed by atoms with Crippen molar-refractivity contribution in [2.24, 2.45) is 5.73 Å². The van der Waals surface area contributed by atoms with Gasteiger partial charge in [-0.05, 0) is 65.8 Å². The largest absolute Gasteiger partial charge is 0.481 e. The van der Waals surface area contributed by atoms with Crippen LogP contribution >= 0.6 is 36.3 Å². The molecule has 2 aromatic carbocycles. The van der Waals surface area contributed by atoms with Gasteiger partial charge in [-0.15, -0.1) is 5.06 Å². The van der Waals surface area contributed by atoms with Crippen molar-refractivity contribution in [1.82, 2.24) is 10.2 Å². The molecule has 0 aromatic heterocycles. The number of ketones is 2. The Bertz CT molecular complexity index is 1590. The van der Waals surface area contributed by atoms with Gasteiger partial charge in [-0.3, -0.25) is 28.8 Å². The molecule has 0 bridgehead atoms. The Labute approximate surface area is 317 Å². The minimum absolute atomic E-state index is 0.0465. The van der Waals surface area contributed by atoms with Crippen molar-refractivity contribution in [3.8, 4) is 11.5 Å². The van der Waals surface area contributed by atoms with Gasteiger partial charge in [0.2, 0.25) is 0 Å². The predicted octanol–water partition coefficient (Wildman–Crippen LogP) is 6.43. The highest BCUT2D eigenvalue weighted by Gasteiger charge is 2.41. The Morgan fingerprint density at radius 3 is 1.45 bits per heavy atom. The van der Waals surface area contributed by atoms with Crippen LogP contribution in [0.4, 0.5) is 0 Å². The first kappa shape index (κ1) is 47.4. The molecular formula is C33H45Cl2N3O13P2. The molecule has 53 heavy (non-hydrogen) atoms. The van der Waals surface area contributed by atoms with E-state index >= 15 is 0 Å². The number of imide groups is 1. The standard InChI is InChI=1S/C16H21N2O7P.C6H5Cl2O2P.C6H13NO2.C5H6O2/c1-11(2)23-16(21)12(3)17-26(22,24-13-7-5-4-6-8-13)25-18-14(19)9-10-15(18)20;7-11(8,9)10-6-4-2-1-3-5-6;1-4(2)9-6(8)5(3)7;6-4-1-2-5(7)3-4/h4-8,11-12H,9-10H2,1-3H3,(H,17,22);1-5H;4-5H,7H2,1-3H3;1-3H2/t12-,26?;;5-;/m0.0./s1. The molecule has 3 N–H and O–H groups in total. The van der Waals surface area contributed by atoms with Crippen LogP contribution in [0.25, 0.3) is 0 Å². The molecule has 0 spiro atoms. The summed E-state index contributed by atoms with van der Waals surface area (Å²) in [7, 11) is -4.29. The van der Waals surface area contributed by atoms with Crippen molar-refractivity contribution in [2.45, 2.75) is 97.9 Å². The number of nitrogens with two attached hydrogens (primary N) is 1. The maximum absolute atomic E-state index is 13.1. The summed E-state index contributed by atoms with van der Waals surface area (Å²) in [5.41, 5.74) is 5.21. The van der Waals surface area contributed by atoms with Gasteiger partial charge in [0.05, 0.1) is 18.6 Å². The molecule has 1 saturated carbocycles. The average Bonchev–Trinajstić information content (AvgIpc) is 3.58. The van der Waals surface area contributed by atoms with Crippen LogP contribution < -0.4 is 19.9 Å². The molecule has 1 saturated heterocycles. The summed E-state index contributed by atoms with van der Waals surface area (Å²) in [6.07, 6.45) is -2.81. The zero-order valence-electron chi connectivity index (χ0n) is 30.1. The van der Waals surface area contributed by atoms with Crippen molar-refractivity contribution in [3.05, 3.63) is 60.7 Å². The number of benzene rings is 2. The SMILES string of the molecule is CC(C)OC(=O)[C@H](C)N.CC(C)OC(=O)[C@H](C)NP(=O)(Oc1ccccc1)ON1C(=O)CCC1=O.O=C1CCC(=O)C1.O=P(Cl)(Cl)Oc1ccccc1. The van der Waals surface area contributed by atoms with E-state index in [4.69, 9.17) is 46.8 Å². The smallest absolute Gasteiger partial charge is 0.462 e. The van der Waals surface area contributed by atoms with Crippen LogP contribution in [0, 0.1) is 0 Å². The lowest BCUT2D eigenvalue weighted by Gasteiger charge is -2.25. The molecule has 1 heterocycles. The van der Waals surface area contributed by atoms with Crippen LogP contribution in [-0.4, -0.2) is 64.7 Å². The number of ether oxygens (including phenoxy) is 2. The Balaban J connectivity index is 0.000000423. The number of para-hydroxylation sites is 2. The summed E-state index contributed by atoms with van der Waals surface area (Å²) in [5.74, 6) is -1.51. The van der Waals surface area contributed by atoms with Crippen LogP contribution in [0.15, 0.2) is 60.7 Å². The van der Waals surface area contributed by atoms with E-state index in [0.29, 0.717) is 23.7 Å². The summed E-state index contributed by atoms with van der Waals surface area (Å²) >= 11 is 10.3. The normalized spacial score (nSPS) is 16.2. The van der Waals surface area contributed by atoms with Crippen molar-refractivity contribution in [2.75, 3.05) is 0 Å². The monoisotopic (exact) mass is 823 g/mol. The summed E-state index contributed by atoms with van der Waals surface area (Å²) < 4.78 is 48.7. The molecule has 1 aliphatic carbocycles. The highest BCUT2D eigenvalue weighted by Crippen LogP contribution is 2.57. The third-order valence-corrected chi connectivity index (χ3v) is 8.35. The van der Waals surface area contributed by atoms with E-state index in [1.54, 1.807) is 83.1 Å². The van der Waals surface area contributed by atoms with E-state index in [1.165, 1.54) is 19.1 Å². The summed E-state index contributed by atoms with van der Waals surface area (Å²) in [5, 5.41) is 2.82. The molecule has 1 aliphatic heterocycles. The summed E-state index contributed by atoms with van der Waals surface area (Å²) in [6.45, 7) is 9.93. The second-order valence-electron chi connectivity index (χ2n) is 11.7. The van der Waals surface area contributed by atoms with Crippen LogP contribution in [0.1, 0.15) is 73.6 Å². The Morgan fingerprint density at radius 2 is 1.11 bits per heavy atom. The molecule has 20 heteroatoms. The molecule has 294 valence electrons. The van der Waals surface area contributed by atoms with Crippen molar-refractivity contribution in [3.63, 3.8) is 0 Å². The average molecular weight is 825 g/mol. The minimum atomic E-state index is -4.29. The molecule has 2 aromatic rings. The van der Waals surface area contributed by atoms with Gasteiger partial charge in [-0.1, -0.05) is 36.4 Å². The topological polar surface area (TPSA) is 224 Å². The van der Waals surface area contributed by atoms with Crippen molar-refractivity contribution >= 4 is 71.6 Å². The number of carbonyl (C=O) groups is 6. The van der Waals surface area contributed by atoms with Crippen LogP contribution in [0.5, 0.6) is 11.5 Å². The maximum Gasteiger partial charge on any atom is 0.481 e. The second-order valence-corrected chi connectivity index (χ2v) is 17.5. The van der Waals surface area contributed by atoms with E-state index in [2.05, 4.69) is 9.61 Å². The van der Waals surface area contributed by atoms with Gasteiger partial charge in [-0.2, -0.15) is 9.71 Å². The number of nitrogens with zero attached hydrogens (tertiary/aromatic N) is 1. The van der Waals surface area contributed by atoms with E-state index in [0.717, 1.165) is 0 Å². The fraction of sp³-hybridized carbons (Fsp3) is 0.455. The number of hydrogen-bond acceptors (Lipinski definition) is 14. The zero-order valence-corrected chi connectivity index (χ0v) is 33.4. The molecule has 0 radical (unpaired) electrons. The van der Waals surface area contributed by atoms with E-state index < -0.39 is 43.7 Å². The number of esters is 2. The van der Waals surface area contributed by atoms with Gasteiger partial charge in [0.25, 0.3) is 11.8 Å². The Morgan fingerprint density at radius 1 is 0.698 bits per heavy atom. The predicted molar refractivity (Wildman–Crippen MR) is 196 cm³/mol. The van der Waals surface area contributed by atoms with E-state index in [9.17, 15) is 37.9 Å². The number of rotatable bonds is 12. The van der Waals surface area contributed by atoms with Gasteiger partial charge in [-0.25, -0.2) is 9.13 Å². The molecule has 3 atom stereocenters. The first-order valence-electron chi connectivity index (χ1n) is 16.2. The van der Waals surface area contributed by atoms with Crippen LogP contribution in [0.3, 0.4) is 0 Å². The first-order valence-corrected chi connectivity index (χ1v) is 21.2. The number of hydroxylamine groups is 2. The quantitative estimate of drug-likeness (QED) is 0.102. The molecule has 2 aliphatic rings. The summed E-state index contributed by atoms with van der Waals surface area (Å²) in [6, 6.07) is 15.0. The van der Waals surface area contributed by atoms with Crippen molar-refractivity contribution < 1.29 is 61.0 Å². The van der Waals surface area contributed by atoms with Crippen molar-refractivity contribution in [1.29, 1.82) is 0 Å². The van der Waals surface area contributed by atoms with Gasteiger partial charge >= 0.3 is 25.8 Å². The Kier molecular flexibility index (Phi) is 20.8. The Hall–Kier alpha value is -3.62. The number of nitrogens with one attached hydrogen (secondary N) is 1. The number of hydrogen-bond donors (Lipinski definition) is 2. The molecule has 1 unspecified atom stereocenters. The molecular weight excluding hydrogens is 779 g/mol. The van der Waals surface area contributed by atoms with Gasteiger partial charge in [0.15, 0.2) is 0 Å². The van der Waals surface area contributed by atoms with E-state index in [1.807, 2.05) is 0 Å². The van der Waals surface area contributed by atoms with Crippen LogP contribution in [0.2, 0.25) is 0 Å². The lowest BCUT2D eigenvalue weighted by molar-refractivity contribution is -0.166. The number of amides is 2. The number of carbonyl (C=O) groups excluding carboxylic acids is 6. The van der Waals surface area contributed by atoms with Gasteiger partial charge in [0.1, 0.15) is 35.1 Å². The maximum atomic E-state index is 13.1. The van der Waals surface area contributed by atoms with E-state index in [-0.39, 0.29) is 54.8 Å². The number of Topliss-reactive ketones (excluding diaryl/α,β-unsaturated/α-hetero) is 2. The molecule has 16 nitrogen and oxygen atoms in total. The lowest BCUT2D eigenvalue weighted by Crippen LogP contribution is -2.39. The number of halogens is 2. The minimum Gasteiger partial charge on any atom is -0.462 e. The highest BCUT2D eigenvalue weighted by molar-refractivity contribution is 8.05. The third kappa shape index (κ3) is 21.0. The molecule has 4 rings (SSSR count). The third-order valence-electron chi connectivity index (χ3n) is 5.98. The van der Waals surface area contributed by atoms with Crippen LogP contribution in [-0.2, 0) is 52.0 Å². The van der Waals surface area contributed by atoms with Gasteiger partial charge < -0.3 is 24.3 Å². The second kappa shape index (κ2) is 23.2. The summed E-state index contributed by atoms with van der Waals surface area (Å²) in [4.78, 5) is 66.6. The molecule has 2 fully saturated rings. The fourth-order valence-electron chi connectivity index (χ4n) is 3.68.